The first-order chi connectivity index (χ1) is 8.16. The Morgan fingerprint density at radius 1 is 1.32 bits per heavy atom. The van der Waals surface area contributed by atoms with E-state index in [0.717, 1.165) is 18.9 Å². The van der Waals surface area contributed by atoms with Crippen molar-refractivity contribution in [2.75, 3.05) is 0 Å². The Balaban J connectivity index is 0.00000162. The van der Waals surface area contributed by atoms with Crippen LogP contribution in [0.25, 0.3) is 0 Å². The van der Waals surface area contributed by atoms with Crippen LogP contribution in [0.15, 0.2) is 29.3 Å². The van der Waals surface area contributed by atoms with Gasteiger partial charge in [0.05, 0.1) is 18.4 Å². The molecule has 104 valence electrons. The molecule has 9 heteroatoms. The summed E-state index contributed by atoms with van der Waals surface area (Å²) in [7, 11) is 0. The van der Waals surface area contributed by atoms with Gasteiger partial charge in [-0.05, 0) is 0 Å². The van der Waals surface area contributed by atoms with Gasteiger partial charge in [-0.25, -0.2) is 13.8 Å². The van der Waals surface area contributed by atoms with E-state index in [2.05, 4.69) is 19.7 Å². The van der Waals surface area contributed by atoms with Gasteiger partial charge < -0.3 is 9.73 Å². The lowest BCUT2D eigenvalue weighted by Gasteiger charge is -2.03. The number of rotatable bonds is 3. The van der Waals surface area contributed by atoms with E-state index in [1.807, 2.05) is 0 Å². The third-order valence-corrected chi connectivity index (χ3v) is 1.97. The lowest BCUT2D eigenvalue weighted by Crippen LogP contribution is -2.24. The smallest absolute Gasteiger partial charge is 0.273 e. The molecule has 5 nitrogen and oxygen atoms in total. The highest BCUT2D eigenvalue weighted by atomic mass is 35.5. The third-order valence-electron chi connectivity index (χ3n) is 1.97. The molecule has 2 aromatic heterocycles. The topological polar surface area (TPSA) is 68.0 Å². The summed E-state index contributed by atoms with van der Waals surface area (Å²) in [6, 6.07) is 0.699. The summed E-state index contributed by atoms with van der Waals surface area (Å²) in [5.41, 5.74) is 0.0239. The molecule has 0 aromatic carbocycles. The zero-order chi connectivity index (χ0) is 12.3. The summed E-state index contributed by atoms with van der Waals surface area (Å²) in [4.78, 5) is 18.5. The van der Waals surface area contributed by atoms with Gasteiger partial charge in [-0.15, -0.1) is 24.8 Å². The monoisotopic (exact) mass is 311 g/mol. The van der Waals surface area contributed by atoms with Crippen LogP contribution in [0.3, 0.4) is 0 Å². The molecule has 19 heavy (non-hydrogen) atoms. The van der Waals surface area contributed by atoms with Gasteiger partial charge in [0.2, 0.25) is 0 Å². The molecule has 2 aromatic rings. The van der Waals surface area contributed by atoms with E-state index in [-0.39, 0.29) is 42.7 Å². The SMILES string of the molecule is Cl.Cl.O=C(NCc1ncc(F)cc1F)c1cocn1. The van der Waals surface area contributed by atoms with Gasteiger partial charge in [-0.2, -0.15) is 0 Å². The van der Waals surface area contributed by atoms with Gasteiger partial charge in [0.15, 0.2) is 12.1 Å². The van der Waals surface area contributed by atoms with E-state index < -0.39 is 17.5 Å². The first-order valence-corrected chi connectivity index (χ1v) is 4.63. The molecule has 0 aliphatic rings. The van der Waals surface area contributed by atoms with Crippen molar-refractivity contribution in [3.63, 3.8) is 0 Å². The number of carbonyl (C=O) groups excluding carboxylic acids is 1. The summed E-state index contributed by atoms with van der Waals surface area (Å²) in [6.45, 7) is -0.155. The number of nitrogens with one attached hydrogen (secondary N) is 1. The average Bonchev–Trinajstić information content (AvgIpc) is 2.81. The molecule has 0 unspecified atom stereocenters. The molecule has 0 spiro atoms. The van der Waals surface area contributed by atoms with Gasteiger partial charge in [0.1, 0.15) is 17.9 Å². The molecule has 2 rings (SSSR count). The lowest BCUT2D eigenvalue weighted by molar-refractivity contribution is 0.0945. The van der Waals surface area contributed by atoms with Crippen LogP contribution >= 0.6 is 24.8 Å². The summed E-state index contributed by atoms with van der Waals surface area (Å²) in [5.74, 6) is -2.11. The number of halogens is 4. The molecule has 0 radical (unpaired) electrons. The van der Waals surface area contributed by atoms with Crippen LogP contribution in [0.2, 0.25) is 0 Å². The molecule has 0 aliphatic carbocycles. The second kappa shape index (κ2) is 7.65. The molecular formula is C10H9Cl2F2N3O2. The minimum atomic E-state index is -0.814. The first kappa shape index (κ1) is 17.3. The molecule has 0 fully saturated rings. The highest BCUT2D eigenvalue weighted by Crippen LogP contribution is 2.05. The summed E-state index contributed by atoms with van der Waals surface area (Å²) < 4.78 is 30.3. The van der Waals surface area contributed by atoms with Crippen molar-refractivity contribution >= 4 is 30.7 Å². The standard InChI is InChI=1S/C10H7F2N3O2.2ClH/c11-6-1-7(12)8(13-2-6)3-14-10(16)9-4-17-5-15-9;;/h1-2,4-5H,3H2,(H,14,16);2*1H. The Morgan fingerprint density at radius 3 is 2.63 bits per heavy atom. The van der Waals surface area contributed by atoms with E-state index in [4.69, 9.17) is 0 Å². The Hall–Kier alpha value is -1.73. The number of pyridine rings is 1. The summed E-state index contributed by atoms with van der Waals surface area (Å²) >= 11 is 0. The zero-order valence-corrected chi connectivity index (χ0v) is 10.9. The molecule has 2 heterocycles. The van der Waals surface area contributed by atoms with Crippen molar-refractivity contribution in [3.05, 3.63) is 47.9 Å². The van der Waals surface area contributed by atoms with Gasteiger partial charge in [-0.3, -0.25) is 9.78 Å². The predicted octanol–water partition coefficient (Wildman–Crippen LogP) is 2.12. The van der Waals surface area contributed by atoms with Crippen LogP contribution in [-0.4, -0.2) is 15.9 Å². The van der Waals surface area contributed by atoms with Gasteiger partial charge in [-0.1, -0.05) is 0 Å². The highest BCUT2D eigenvalue weighted by molar-refractivity contribution is 5.91. The Kier molecular flexibility index (Phi) is 6.95. The largest absolute Gasteiger partial charge is 0.451 e. The Morgan fingerprint density at radius 2 is 2.05 bits per heavy atom. The molecule has 1 amide bonds. The van der Waals surface area contributed by atoms with Gasteiger partial charge in [0.25, 0.3) is 5.91 Å². The maximum atomic E-state index is 13.2. The number of hydrogen-bond donors (Lipinski definition) is 1. The van der Waals surface area contributed by atoms with Gasteiger partial charge >= 0.3 is 0 Å². The fraction of sp³-hybridized carbons (Fsp3) is 0.100. The van der Waals surface area contributed by atoms with E-state index in [0.29, 0.717) is 6.07 Å². The minimum Gasteiger partial charge on any atom is -0.451 e. The minimum absolute atomic E-state index is 0. The van der Waals surface area contributed by atoms with Gasteiger partial charge in [0, 0.05) is 6.07 Å². The molecule has 0 bridgehead atoms. The van der Waals surface area contributed by atoms with Crippen LogP contribution in [0, 0.1) is 11.6 Å². The fourth-order valence-corrected chi connectivity index (χ4v) is 1.15. The summed E-state index contributed by atoms with van der Waals surface area (Å²) in [5, 5.41) is 2.38. The van der Waals surface area contributed by atoms with Crippen molar-refractivity contribution in [1.29, 1.82) is 0 Å². The van der Waals surface area contributed by atoms with Crippen LogP contribution in [0.5, 0.6) is 0 Å². The number of nitrogens with zero attached hydrogens (tertiary/aromatic N) is 2. The van der Waals surface area contributed by atoms with Crippen LogP contribution in [0.4, 0.5) is 8.78 Å². The fourth-order valence-electron chi connectivity index (χ4n) is 1.15. The third kappa shape index (κ3) is 4.46. The second-order valence-corrected chi connectivity index (χ2v) is 3.14. The van der Waals surface area contributed by atoms with Crippen molar-refractivity contribution in [1.82, 2.24) is 15.3 Å². The maximum absolute atomic E-state index is 13.2. The van der Waals surface area contributed by atoms with Crippen molar-refractivity contribution in [2.45, 2.75) is 6.54 Å². The highest BCUT2D eigenvalue weighted by Gasteiger charge is 2.10. The normalized spacial score (nSPS) is 9.16. The molecule has 0 aliphatic heterocycles. The molecule has 0 saturated carbocycles. The zero-order valence-electron chi connectivity index (χ0n) is 9.30. The predicted molar refractivity (Wildman–Crippen MR) is 66.3 cm³/mol. The van der Waals surface area contributed by atoms with Crippen molar-refractivity contribution in [2.24, 2.45) is 0 Å². The average molecular weight is 312 g/mol. The lowest BCUT2D eigenvalue weighted by atomic mass is 10.3. The van der Waals surface area contributed by atoms with E-state index in [1.165, 1.54) is 0 Å². The Bertz CT molecular complexity index is 538. The molecule has 0 atom stereocenters. The van der Waals surface area contributed by atoms with Crippen molar-refractivity contribution < 1.29 is 18.0 Å². The van der Waals surface area contributed by atoms with E-state index in [9.17, 15) is 13.6 Å². The van der Waals surface area contributed by atoms with Crippen LogP contribution < -0.4 is 5.32 Å². The second-order valence-electron chi connectivity index (χ2n) is 3.14. The number of aromatic nitrogens is 2. The number of oxazole rings is 1. The molecule has 0 saturated heterocycles. The number of carbonyl (C=O) groups is 1. The first-order valence-electron chi connectivity index (χ1n) is 4.63. The number of amides is 1. The molecule has 1 N–H and O–H groups in total. The van der Waals surface area contributed by atoms with Crippen LogP contribution in [-0.2, 0) is 6.54 Å². The van der Waals surface area contributed by atoms with Crippen molar-refractivity contribution in [3.8, 4) is 0 Å². The Labute approximate surface area is 119 Å². The van der Waals surface area contributed by atoms with E-state index >= 15 is 0 Å². The molecular weight excluding hydrogens is 303 g/mol. The quantitative estimate of drug-likeness (QED) is 0.942. The summed E-state index contributed by atoms with van der Waals surface area (Å²) in [6.07, 6.45) is 3.14. The maximum Gasteiger partial charge on any atom is 0.273 e. The number of hydrogen-bond acceptors (Lipinski definition) is 4. The van der Waals surface area contributed by atoms with Crippen LogP contribution in [0.1, 0.15) is 16.2 Å². The van der Waals surface area contributed by atoms with E-state index in [1.54, 1.807) is 0 Å².